The highest BCUT2D eigenvalue weighted by molar-refractivity contribution is 7.16. The van der Waals surface area contributed by atoms with Crippen LogP contribution >= 0.6 is 22.9 Å². The van der Waals surface area contributed by atoms with E-state index in [4.69, 9.17) is 30.5 Å². The van der Waals surface area contributed by atoms with Gasteiger partial charge in [0.15, 0.2) is 11.5 Å². The second kappa shape index (κ2) is 12.3. The fourth-order valence-corrected chi connectivity index (χ4v) is 5.86. The molecule has 4 aromatic rings. The van der Waals surface area contributed by atoms with Crippen molar-refractivity contribution in [2.45, 2.75) is 45.8 Å². The number of thiophene rings is 1. The van der Waals surface area contributed by atoms with Crippen molar-refractivity contribution in [2.75, 3.05) is 6.61 Å². The topological polar surface area (TPSA) is 73.1 Å². The molecule has 2 heterocycles. The highest BCUT2D eigenvalue weighted by Gasteiger charge is 2.25. The molecule has 8 heteroatoms. The largest absolute Gasteiger partial charge is 0.490 e. The van der Waals surface area contributed by atoms with E-state index in [0.29, 0.717) is 47.6 Å². The van der Waals surface area contributed by atoms with Gasteiger partial charge in [-0.2, -0.15) is 0 Å². The molecule has 1 N–H and O–H groups in total. The lowest BCUT2D eigenvalue weighted by Crippen LogP contribution is -2.23. The van der Waals surface area contributed by atoms with Crippen molar-refractivity contribution in [2.24, 2.45) is 4.99 Å². The molecule has 1 amide bonds. The summed E-state index contributed by atoms with van der Waals surface area (Å²) < 4.78 is 17.2. The van der Waals surface area contributed by atoms with Crippen LogP contribution in [0.5, 0.6) is 11.5 Å². The van der Waals surface area contributed by atoms with Crippen LogP contribution in [0.2, 0.25) is 5.02 Å². The summed E-state index contributed by atoms with van der Waals surface area (Å²) in [6.07, 6.45) is 7.49. The van der Waals surface area contributed by atoms with E-state index in [-0.39, 0.29) is 5.91 Å². The summed E-state index contributed by atoms with van der Waals surface area (Å²) in [5.41, 5.74) is 3.56. The molecule has 0 radical (unpaired) electrons. The summed E-state index contributed by atoms with van der Waals surface area (Å²) in [6.45, 7) is 3.11. The van der Waals surface area contributed by atoms with Gasteiger partial charge >= 0.3 is 0 Å². The van der Waals surface area contributed by atoms with Crippen molar-refractivity contribution in [3.63, 3.8) is 0 Å². The molecule has 0 spiro atoms. The molecule has 0 saturated heterocycles. The van der Waals surface area contributed by atoms with Gasteiger partial charge in [-0.15, -0.1) is 11.3 Å². The van der Waals surface area contributed by atoms with Gasteiger partial charge < -0.3 is 19.2 Å². The SMILES string of the molecule is CCOc1cc(C=Nc2sc3c(c2C(=O)NCc2ccco2)CCCC3)ccc1OCc1ccccc1Cl. The minimum Gasteiger partial charge on any atom is -0.490 e. The predicted octanol–water partition coefficient (Wildman–Crippen LogP) is 7.53. The maximum Gasteiger partial charge on any atom is 0.255 e. The zero-order valence-electron chi connectivity index (χ0n) is 21.2. The number of nitrogens with zero attached hydrogens (tertiary/aromatic N) is 1. The molecule has 0 atom stereocenters. The Labute approximate surface area is 231 Å². The van der Waals surface area contributed by atoms with Crippen molar-refractivity contribution >= 4 is 40.1 Å². The summed E-state index contributed by atoms with van der Waals surface area (Å²) in [4.78, 5) is 19.3. The van der Waals surface area contributed by atoms with Gasteiger partial charge in [-0.05, 0) is 80.1 Å². The highest BCUT2D eigenvalue weighted by Crippen LogP contribution is 2.40. The third kappa shape index (κ3) is 6.11. The number of benzene rings is 2. The second-order valence-electron chi connectivity index (χ2n) is 8.93. The van der Waals surface area contributed by atoms with Crippen LogP contribution < -0.4 is 14.8 Å². The number of carbonyl (C=O) groups is 1. The summed E-state index contributed by atoms with van der Waals surface area (Å²) in [5, 5.41) is 4.39. The molecule has 6 nitrogen and oxygen atoms in total. The third-order valence-electron chi connectivity index (χ3n) is 6.32. The third-order valence-corrected chi connectivity index (χ3v) is 7.89. The fourth-order valence-electron chi connectivity index (χ4n) is 4.44. The van der Waals surface area contributed by atoms with Crippen LogP contribution in [-0.2, 0) is 26.0 Å². The number of nitrogens with one attached hydrogen (secondary N) is 1. The highest BCUT2D eigenvalue weighted by atomic mass is 35.5. The number of fused-ring (bicyclic) bond motifs is 1. The minimum atomic E-state index is -0.119. The summed E-state index contributed by atoms with van der Waals surface area (Å²) in [6, 6.07) is 17.0. The second-order valence-corrected chi connectivity index (χ2v) is 10.4. The van der Waals surface area contributed by atoms with Crippen LogP contribution in [0, 0.1) is 0 Å². The first-order valence-electron chi connectivity index (χ1n) is 12.7. The Kier molecular flexibility index (Phi) is 8.46. The molecule has 0 fully saturated rings. The standard InChI is InChI=1S/C30H29ClN2O4S/c1-2-35-26-16-20(13-14-25(26)37-19-21-8-3-5-11-24(21)31)17-33-30-28(23-10-4-6-12-27(23)38-30)29(34)32-18-22-9-7-15-36-22/h3,5,7-9,11,13-17H,2,4,6,10,12,18-19H2,1H3,(H,32,34). The van der Waals surface area contributed by atoms with Gasteiger partial charge in [0.05, 0.1) is 25.0 Å². The molecule has 5 rings (SSSR count). The Hall–Kier alpha value is -3.55. The molecule has 196 valence electrons. The predicted molar refractivity (Wildman–Crippen MR) is 151 cm³/mol. The Bertz CT molecular complexity index is 1430. The van der Waals surface area contributed by atoms with E-state index in [9.17, 15) is 4.79 Å². The quantitative estimate of drug-likeness (QED) is 0.208. The normalized spacial score (nSPS) is 12.9. The maximum absolute atomic E-state index is 13.2. The number of hydrogen-bond donors (Lipinski definition) is 1. The van der Waals surface area contributed by atoms with Gasteiger partial charge in [-0.3, -0.25) is 4.79 Å². The summed E-state index contributed by atoms with van der Waals surface area (Å²) in [5.74, 6) is 1.86. The molecule has 1 aliphatic carbocycles. The Balaban J connectivity index is 1.36. The number of aliphatic imine (C=N–C) groups is 1. The summed E-state index contributed by atoms with van der Waals surface area (Å²) in [7, 11) is 0. The molecule has 2 aromatic heterocycles. The maximum atomic E-state index is 13.2. The van der Waals surface area contributed by atoms with Gasteiger partial charge in [-0.25, -0.2) is 4.99 Å². The summed E-state index contributed by atoms with van der Waals surface area (Å²) >= 11 is 7.88. The van der Waals surface area contributed by atoms with Crippen LogP contribution in [0.1, 0.15) is 57.5 Å². The van der Waals surface area contributed by atoms with E-state index in [1.54, 1.807) is 23.8 Å². The number of halogens is 1. The molecule has 0 saturated carbocycles. The van der Waals surface area contributed by atoms with E-state index >= 15 is 0 Å². The number of rotatable bonds is 10. The number of hydrogen-bond acceptors (Lipinski definition) is 6. The van der Waals surface area contributed by atoms with Crippen LogP contribution in [-0.4, -0.2) is 18.7 Å². The minimum absolute atomic E-state index is 0.119. The van der Waals surface area contributed by atoms with Gasteiger partial charge in [-0.1, -0.05) is 29.8 Å². The van der Waals surface area contributed by atoms with Crippen molar-refractivity contribution in [3.05, 3.63) is 98.8 Å². The van der Waals surface area contributed by atoms with Crippen molar-refractivity contribution in [3.8, 4) is 11.5 Å². The van der Waals surface area contributed by atoms with Crippen LogP contribution in [0.3, 0.4) is 0 Å². The van der Waals surface area contributed by atoms with Gasteiger partial charge in [0.1, 0.15) is 17.4 Å². The first-order valence-corrected chi connectivity index (χ1v) is 13.9. The first kappa shape index (κ1) is 26.1. The Morgan fingerprint density at radius 3 is 2.79 bits per heavy atom. The zero-order chi connectivity index (χ0) is 26.3. The molecular formula is C30H29ClN2O4S. The average Bonchev–Trinajstić information content (AvgIpc) is 3.59. The first-order chi connectivity index (χ1) is 18.6. The smallest absolute Gasteiger partial charge is 0.255 e. The monoisotopic (exact) mass is 548 g/mol. The molecular weight excluding hydrogens is 520 g/mol. The van der Waals surface area contributed by atoms with Crippen LogP contribution in [0.15, 0.2) is 70.3 Å². The fraction of sp³-hybridized carbons (Fsp3) is 0.267. The number of carbonyl (C=O) groups excluding carboxylic acids is 1. The van der Waals surface area contributed by atoms with E-state index in [2.05, 4.69) is 5.32 Å². The van der Waals surface area contributed by atoms with Gasteiger partial charge in [0, 0.05) is 21.7 Å². The van der Waals surface area contributed by atoms with Crippen LogP contribution in [0.4, 0.5) is 5.00 Å². The average molecular weight is 549 g/mol. The molecule has 2 aromatic carbocycles. The van der Waals surface area contributed by atoms with Crippen molar-refractivity contribution in [1.29, 1.82) is 0 Å². The number of furan rings is 1. The van der Waals surface area contributed by atoms with Crippen LogP contribution in [0.25, 0.3) is 0 Å². The number of amides is 1. The number of ether oxygens (including phenoxy) is 2. The van der Waals surface area contributed by atoms with Crippen molar-refractivity contribution in [1.82, 2.24) is 5.32 Å². The van der Waals surface area contributed by atoms with Gasteiger partial charge in [0.25, 0.3) is 5.91 Å². The molecule has 38 heavy (non-hydrogen) atoms. The van der Waals surface area contributed by atoms with E-state index in [1.165, 1.54) is 4.88 Å². The Morgan fingerprint density at radius 1 is 1.11 bits per heavy atom. The Morgan fingerprint density at radius 2 is 1.97 bits per heavy atom. The molecule has 0 unspecified atom stereocenters. The molecule has 0 aliphatic heterocycles. The van der Waals surface area contributed by atoms with E-state index in [0.717, 1.165) is 47.4 Å². The molecule has 0 bridgehead atoms. The lowest BCUT2D eigenvalue weighted by molar-refractivity contribution is 0.0948. The zero-order valence-corrected chi connectivity index (χ0v) is 22.7. The van der Waals surface area contributed by atoms with Gasteiger partial charge in [0.2, 0.25) is 0 Å². The van der Waals surface area contributed by atoms with E-state index < -0.39 is 0 Å². The lowest BCUT2D eigenvalue weighted by Gasteiger charge is -2.13. The molecule has 1 aliphatic rings. The lowest BCUT2D eigenvalue weighted by atomic mass is 9.95. The van der Waals surface area contributed by atoms with Crippen molar-refractivity contribution < 1.29 is 18.7 Å². The number of aryl methyl sites for hydroxylation is 1. The van der Waals surface area contributed by atoms with E-state index in [1.807, 2.05) is 61.5 Å².